The number of rotatable bonds is 2. The molecule has 0 unspecified atom stereocenters. The van der Waals surface area contributed by atoms with Crippen LogP contribution >= 0.6 is 23.4 Å². The van der Waals surface area contributed by atoms with Gasteiger partial charge in [0.2, 0.25) is 6.79 Å². The number of halogens is 1. The van der Waals surface area contributed by atoms with E-state index in [0.29, 0.717) is 32.6 Å². The van der Waals surface area contributed by atoms with Gasteiger partial charge in [0, 0.05) is 0 Å². The number of nitrogens with one attached hydrogen (secondary N) is 1. The summed E-state index contributed by atoms with van der Waals surface area (Å²) in [6.45, 7) is 0.169. The molecule has 1 aromatic rings. The minimum absolute atomic E-state index is 0.122. The third kappa shape index (κ3) is 3.26. The van der Waals surface area contributed by atoms with Crippen LogP contribution in [0, 0.1) is 0 Å². The van der Waals surface area contributed by atoms with Crippen LogP contribution < -0.4 is 14.8 Å². The standard InChI is InChI=1S/C17H17ClN2O3S/c18-12-6-10(7-13-15(12)23-9-22-13)8-14-16(21)20-17(24-14)19-11-4-2-1-3-5-11/h6-8,11H,1-5,9H2,(H,19,20,21)/b14-8-. The van der Waals surface area contributed by atoms with Gasteiger partial charge in [0.05, 0.1) is 16.0 Å². The number of benzene rings is 1. The van der Waals surface area contributed by atoms with Crippen molar-refractivity contribution in [1.82, 2.24) is 5.32 Å². The monoisotopic (exact) mass is 364 g/mol. The van der Waals surface area contributed by atoms with E-state index >= 15 is 0 Å². The van der Waals surface area contributed by atoms with Crippen LogP contribution in [0.5, 0.6) is 11.5 Å². The zero-order valence-corrected chi connectivity index (χ0v) is 14.6. The van der Waals surface area contributed by atoms with Gasteiger partial charge in [-0.15, -0.1) is 0 Å². The van der Waals surface area contributed by atoms with Gasteiger partial charge in [-0.05, 0) is 48.4 Å². The van der Waals surface area contributed by atoms with Gasteiger partial charge in [-0.2, -0.15) is 0 Å². The highest BCUT2D eigenvalue weighted by Gasteiger charge is 2.26. The second kappa shape index (κ2) is 6.69. The molecule has 7 heteroatoms. The Kier molecular flexibility index (Phi) is 4.41. The van der Waals surface area contributed by atoms with Crippen molar-refractivity contribution in [2.24, 2.45) is 4.99 Å². The second-order valence-corrected chi connectivity index (χ2v) is 7.47. The van der Waals surface area contributed by atoms with E-state index in [2.05, 4.69) is 10.3 Å². The van der Waals surface area contributed by atoms with Crippen LogP contribution in [0.3, 0.4) is 0 Å². The fourth-order valence-electron chi connectivity index (χ4n) is 3.09. The third-order valence-electron chi connectivity index (χ3n) is 4.27. The Morgan fingerprint density at radius 2 is 2.08 bits per heavy atom. The summed E-state index contributed by atoms with van der Waals surface area (Å²) in [6, 6.07) is 3.93. The van der Waals surface area contributed by atoms with Crippen LogP contribution in [0.15, 0.2) is 22.0 Å². The fourth-order valence-corrected chi connectivity index (χ4v) is 4.25. The molecule has 0 spiro atoms. The number of hydrogen-bond acceptors (Lipinski definition) is 5. The van der Waals surface area contributed by atoms with Crippen molar-refractivity contribution in [2.75, 3.05) is 6.79 Å². The first kappa shape index (κ1) is 15.8. The quantitative estimate of drug-likeness (QED) is 0.807. The summed E-state index contributed by atoms with van der Waals surface area (Å²) in [5.74, 6) is 1.04. The van der Waals surface area contributed by atoms with Crippen molar-refractivity contribution in [3.8, 4) is 11.5 Å². The van der Waals surface area contributed by atoms with E-state index in [1.54, 1.807) is 12.1 Å². The Morgan fingerprint density at radius 3 is 2.92 bits per heavy atom. The highest BCUT2D eigenvalue weighted by molar-refractivity contribution is 8.18. The molecule has 1 amide bonds. The van der Waals surface area contributed by atoms with E-state index in [4.69, 9.17) is 21.1 Å². The van der Waals surface area contributed by atoms with E-state index in [1.165, 1.54) is 31.0 Å². The molecule has 5 nitrogen and oxygen atoms in total. The molecule has 0 bridgehead atoms. The lowest BCUT2D eigenvalue weighted by Gasteiger charge is -2.17. The molecule has 1 N–H and O–H groups in total. The molecular weight excluding hydrogens is 348 g/mol. The molecule has 0 radical (unpaired) electrons. The van der Waals surface area contributed by atoms with Crippen molar-refractivity contribution in [2.45, 2.75) is 38.1 Å². The predicted octanol–water partition coefficient (Wildman–Crippen LogP) is 3.96. The van der Waals surface area contributed by atoms with Crippen LogP contribution in [-0.4, -0.2) is 23.9 Å². The highest BCUT2D eigenvalue weighted by atomic mass is 35.5. The first-order valence-corrected chi connectivity index (χ1v) is 9.26. The Balaban J connectivity index is 1.54. The summed E-state index contributed by atoms with van der Waals surface area (Å²) in [7, 11) is 0. The lowest BCUT2D eigenvalue weighted by Crippen LogP contribution is -2.22. The normalized spacial score (nSPS) is 24.0. The Hall–Kier alpha value is -1.66. The van der Waals surface area contributed by atoms with Crippen LogP contribution in [-0.2, 0) is 4.79 Å². The van der Waals surface area contributed by atoms with Crippen molar-refractivity contribution in [3.63, 3.8) is 0 Å². The first-order valence-electron chi connectivity index (χ1n) is 8.07. The molecule has 2 heterocycles. The van der Waals surface area contributed by atoms with Crippen LogP contribution in [0.2, 0.25) is 5.02 Å². The summed E-state index contributed by atoms with van der Waals surface area (Å²) in [5, 5.41) is 4.04. The average molecular weight is 365 g/mol. The van der Waals surface area contributed by atoms with E-state index in [0.717, 1.165) is 18.4 Å². The minimum Gasteiger partial charge on any atom is -0.454 e. The van der Waals surface area contributed by atoms with Gasteiger partial charge in [0.15, 0.2) is 16.7 Å². The molecule has 1 saturated carbocycles. The Labute approximate surface area is 149 Å². The lowest BCUT2D eigenvalue weighted by molar-refractivity contribution is -0.115. The van der Waals surface area contributed by atoms with Gasteiger partial charge in [-0.1, -0.05) is 30.9 Å². The number of amides is 1. The van der Waals surface area contributed by atoms with E-state index < -0.39 is 0 Å². The summed E-state index contributed by atoms with van der Waals surface area (Å²) in [6.07, 6.45) is 7.75. The summed E-state index contributed by atoms with van der Waals surface area (Å²) < 4.78 is 10.7. The molecule has 1 aliphatic carbocycles. The number of ether oxygens (including phenoxy) is 2. The minimum atomic E-state index is -0.122. The largest absolute Gasteiger partial charge is 0.454 e. The van der Waals surface area contributed by atoms with E-state index in [9.17, 15) is 4.79 Å². The second-order valence-electron chi connectivity index (χ2n) is 6.03. The molecule has 24 heavy (non-hydrogen) atoms. The van der Waals surface area contributed by atoms with Gasteiger partial charge in [0.1, 0.15) is 0 Å². The third-order valence-corrected chi connectivity index (χ3v) is 5.48. The molecule has 1 aromatic carbocycles. The van der Waals surface area contributed by atoms with Gasteiger partial charge < -0.3 is 14.8 Å². The smallest absolute Gasteiger partial charge is 0.264 e. The van der Waals surface area contributed by atoms with Crippen molar-refractivity contribution >= 4 is 40.5 Å². The predicted molar refractivity (Wildman–Crippen MR) is 95.6 cm³/mol. The Bertz CT molecular complexity index is 742. The molecule has 0 atom stereocenters. The van der Waals surface area contributed by atoms with Crippen molar-refractivity contribution in [1.29, 1.82) is 0 Å². The van der Waals surface area contributed by atoms with Crippen molar-refractivity contribution in [3.05, 3.63) is 27.6 Å². The van der Waals surface area contributed by atoms with Crippen molar-refractivity contribution < 1.29 is 14.3 Å². The van der Waals surface area contributed by atoms with Crippen LogP contribution in [0.25, 0.3) is 6.08 Å². The molecule has 2 fully saturated rings. The summed E-state index contributed by atoms with van der Waals surface area (Å²) in [4.78, 5) is 17.5. The molecule has 1 saturated heterocycles. The zero-order valence-electron chi connectivity index (χ0n) is 13.0. The molecule has 2 aliphatic heterocycles. The number of aliphatic imine (C=N–C) groups is 1. The number of carbonyl (C=O) groups excluding carboxylic acids is 1. The maximum absolute atomic E-state index is 12.2. The first-order chi connectivity index (χ1) is 11.7. The van der Waals surface area contributed by atoms with E-state index in [1.807, 2.05) is 6.07 Å². The maximum atomic E-state index is 12.2. The fraction of sp³-hybridized carbons (Fsp3) is 0.412. The van der Waals surface area contributed by atoms with E-state index in [-0.39, 0.29) is 12.7 Å². The molecule has 0 aromatic heterocycles. The summed E-state index contributed by atoms with van der Waals surface area (Å²) in [5.41, 5.74) is 0.806. The number of thioether (sulfide) groups is 1. The zero-order chi connectivity index (χ0) is 16.5. The lowest BCUT2D eigenvalue weighted by atomic mass is 9.96. The van der Waals surface area contributed by atoms with Gasteiger partial charge in [-0.3, -0.25) is 9.79 Å². The Morgan fingerprint density at radius 1 is 1.25 bits per heavy atom. The molecule has 3 aliphatic rings. The molecular formula is C17H17ClN2O3S. The van der Waals surface area contributed by atoms with Crippen LogP contribution in [0.4, 0.5) is 0 Å². The molecule has 4 rings (SSSR count). The van der Waals surface area contributed by atoms with Gasteiger partial charge in [0.25, 0.3) is 5.91 Å². The topological polar surface area (TPSA) is 59.9 Å². The number of amidine groups is 1. The highest BCUT2D eigenvalue weighted by Crippen LogP contribution is 2.41. The summed E-state index contributed by atoms with van der Waals surface area (Å²) >= 11 is 7.57. The van der Waals surface area contributed by atoms with Crippen LogP contribution in [0.1, 0.15) is 37.7 Å². The van der Waals surface area contributed by atoms with Gasteiger partial charge in [-0.25, -0.2) is 0 Å². The SMILES string of the molecule is O=C1NC(=NC2CCCCC2)S/C1=C\c1cc(Cl)c2c(c1)OCO2. The molecule has 126 valence electrons. The number of nitrogens with zero attached hydrogens (tertiary/aromatic N) is 1. The van der Waals surface area contributed by atoms with Gasteiger partial charge >= 0.3 is 0 Å². The maximum Gasteiger partial charge on any atom is 0.264 e. The number of fused-ring (bicyclic) bond motifs is 1. The number of carbonyl (C=O) groups is 1. The average Bonchev–Trinajstić information content (AvgIpc) is 3.16. The number of hydrogen-bond donors (Lipinski definition) is 1.